The molecule has 0 bridgehead atoms. The molecule has 34 heavy (non-hydrogen) atoms. The van der Waals surface area contributed by atoms with Crippen molar-refractivity contribution in [2.24, 2.45) is 5.92 Å². The number of amides is 1. The van der Waals surface area contributed by atoms with Crippen LogP contribution >= 0.6 is 11.5 Å². The van der Waals surface area contributed by atoms with Crippen molar-refractivity contribution in [2.75, 3.05) is 24.5 Å². The lowest BCUT2D eigenvalue weighted by Crippen LogP contribution is -2.38. The van der Waals surface area contributed by atoms with Crippen LogP contribution in [0, 0.1) is 11.7 Å². The summed E-state index contributed by atoms with van der Waals surface area (Å²) < 4.78 is 17.6. The van der Waals surface area contributed by atoms with Crippen molar-refractivity contribution in [1.82, 2.24) is 14.7 Å². The number of anilines is 1. The standard InChI is InChI=1S/C27H41FN4OS/c1-2-3-4-5-6-7-8-9-10-11-26(33)29-21-23-16-18-32(19-17-23)27-30-25(31-34-27)20-22-12-14-24(28)15-13-22/h12-15,23H,2-11,16-21H2,1H3,(H,29,33). The van der Waals surface area contributed by atoms with Crippen LogP contribution in [-0.4, -0.2) is 34.9 Å². The number of rotatable bonds is 15. The molecule has 0 aliphatic carbocycles. The van der Waals surface area contributed by atoms with E-state index < -0.39 is 0 Å². The summed E-state index contributed by atoms with van der Waals surface area (Å²) in [6, 6.07) is 6.52. The van der Waals surface area contributed by atoms with E-state index >= 15 is 0 Å². The molecule has 2 heterocycles. The Kier molecular flexibility index (Phi) is 11.8. The van der Waals surface area contributed by atoms with E-state index in [9.17, 15) is 9.18 Å². The zero-order valence-corrected chi connectivity index (χ0v) is 21.6. The van der Waals surface area contributed by atoms with Crippen molar-refractivity contribution < 1.29 is 9.18 Å². The maximum atomic E-state index is 13.1. The van der Waals surface area contributed by atoms with Gasteiger partial charge in [-0.25, -0.2) is 9.37 Å². The maximum absolute atomic E-state index is 13.1. The summed E-state index contributed by atoms with van der Waals surface area (Å²) in [5.74, 6) is 1.31. The zero-order valence-electron chi connectivity index (χ0n) is 20.7. The first kappa shape index (κ1) is 26.6. The van der Waals surface area contributed by atoms with E-state index in [1.165, 1.54) is 75.0 Å². The summed E-state index contributed by atoms with van der Waals surface area (Å²) in [7, 11) is 0. The Bertz CT molecular complexity index is 833. The molecule has 1 fully saturated rings. The van der Waals surface area contributed by atoms with Gasteiger partial charge in [0, 0.05) is 44.0 Å². The maximum Gasteiger partial charge on any atom is 0.220 e. The molecule has 1 aliphatic heterocycles. The van der Waals surface area contributed by atoms with Gasteiger partial charge in [-0.15, -0.1) is 0 Å². The molecule has 1 aliphatic rings. The fraction of sp³-hybridized carbons (Fsp3) is 0.667. The summed E-state index contributed by atoms with van der Waals surface area (Å²) >= 11 is 1.44. The number of carbonyl (C=O) groups is 1. The van der Waals surface area contributed by atoms with Crippen LogP contribution in [0.25, 0.3) is 0 Å². The van der Waals surface area contributed by atoms with E-state index in [0.29, 0.717) is 18.8 Å². The Morgan fingerprint density at radius 1 is 1.03 bits per heavy atom. The van der Waals surface area contributed by atoms with Crippen molar-refractivity contribution in [2.45, 2.75) is 90.4 Å². The fourth-order valence-electron chi connectivity index (χ4n) is 4.50. The number of carbonyl (C=O) groups excluding carboxylic acids is 1. The summed E-state index contributed by atoms with van der Waals surface area (Å²) in [6.07, 6.45) is 14.9. The van der Waals surface area contributed by atoms with Crippen LogP contribution in [0.15, 0.2) is 24.3 Å². The summed E-state index contributed by atoms with van der Waals surface area (Å²) in [5.41, 5.74) is 1.02. The van der Waals surface area contributed by atoms with Gasteiger partial charge in [-0.1, -0.05) is 70.4 Å². The van der Waals surface area contributed by atoms with Crippen LogP contribution in [0.3, 0.4) is 0 Å². The van der Waals surface area contributed by atoms with Crippen LogP contribution in [0.2, 0.25) is 0 Å². The van der Waals surface area contributed by atoms with Crippen molar-refractivity contribution >= 4 is 22.6 Å². The van der Waals surface area contributed by atoms with Gasteiger partial charge < -0.3 is 10.2 Å². The molecular weight excluding hydrogens is 447 g/mol. The SMILES string of the molecule is CCCCCCCCCCCC(=O)NCC1CCN(c2nc(Cc3ccc(F)cc3)ns2)CC1. The second kappa shape index (κ2) is 15.1. The highest BCUT2D eigenvalue weighted by Gasteiger charge is 2.22. The van der Waals surface area contributed by atoms with Gasteiger partial charge in [0.2, 0.25) is 11.0 Å². The number of benzene rings is 1. The number of hydrogen-bond acceptors (Lipinski definition) is 5. The molecule has 1 saturated heterocycles. The fourth-order valence-corrected chi connectivity index (χ4v) is 5.24. The molecular formula is C27H41FN4OS. The molecule has 2 aromatic rings. The van der Waals surface area contributed by atoms with Gasteiger partial charge in [0.15, 0.2) is 0 Å². The third-order valence-corrected chi connectivity index (χ3v) is 7.53. The van der Waals surface area contributed by atoms with Gasteiger partial charge in [0.25, 0.3) is 0 Å². The predicted molar refractivity (Wildman–Crippen MR) is 139 cm³/mol. The van der Waals surface area contributed by atoms with Gasteiger partial charge in [0.05, 0.1) is 0 Å². The van der Waals surface area contributed by atoms with E-state index in [1.54, 1.807) is 12.1 Å². The van der Waals surface area contributed by atoms with Gasteiger partial charge in [-0.05, 0) is 42.9 Å². The quantitative estimate of drug-likeness (QED) is 0.290. The Labute approximate surface area is 208 Å². The lowest BCUT2D eigenvalue weighted by atomic mass is 9.97. The summed E-state index contributed by atoms with van der Waals surface area (Å²) in [6.45, 7) is 4.94. The number of aromatic nitrogens is 2. The molecule has 1 aromatic carbocycles. The molecule has 0 spiro atoms. The lowest BCUT2D eigenvalue weighted by molar-refractivity contribution is -0.121. The number of unbranched alkanes of at least 4 members (excludes halogenated alkanes) is 8. The van der Waals surface area contributed by atoms with Crippen molar-refractivity contribution in [1.29, 1.82) is 0 Å². The molecule has 0 radical (unpaired) electrons. The minimum Gasteiger partial charge on any atom is -0.356 e. The first-order chi connectivity index (χ1) is 16.6. The third-order valence-electron chi connectivity index (χ3n) is 6.71. The summed E-state index contributed by atoms with van der Waals surface area (Å²) in [4.78, 5) is 19.2. The first-order valence-electron chi connectivity index (χ1n) is 13.2. The van der Waals surface area contributed by atoms with Gasteiger partial charge in [-0.2, -0.15) is 4.37 Å². The van der Waals surface area contributed by atoms with E-state index in [-0.39, 0.29) is 11.7 Å². The van der Waals surface area contributed by atoms with Crippen molar-refractivity contribution in [3.63, 3.8) is 0 Å². The molecule has 1 amide bonds. The van der Waals surface area contributed by atoms with Gasteiger partial charge in [-0.3, -0.25) is 4.79 Å². The zero-order chi connectivity index (χ0) is 24.0. The van der Waals surface area contributed by atoms with Crippen LogP contribution in [0.1, 0.15) is 95.4 Å². The minimum atomic E-state index is -0.224. The van der Waals surface area contributed by atoms with E-state index in [2.05, 4.69) is 21.5 Å². The molecule has 1 aromatic heterocycles. The molecule has 7 heteroatoms. The van der Waals surface area contributed by atoms with E-state index in [0.717, 1.165) is 55.4 Å². The van der Waals surface area contributed by atoms with Crippen LogP contribution in [0.5, 0.6) is 0 Å². The predicted octanol–water partition coefficient (Wildman–Crippen LogP) is 6.52. The van der Waals surface area contributed by atoms with Crippen LogP contribution < -0.4 is 10.2 Å². The molecule has 0 saturated carbocycles. The second-order valence-electron chi connectivity index (χ2n) is 9.61. The Balaban J connectivity index is 1.24. The topological polar surface area (TPSA) is 58.1 Å². The van der Waals surface area contributed by atoms with Crippen LogP contribution in [-0.2, 0) is 11.2 Å². The number of halogens is 1. The Hall–Kier alpha value is -2.02. The number of hydrogen-bond donors (Lipinski definition) is 1. The Morgan fingerprint density at radius 3 is 2.35 bits per heavy atom. The van der Waals surface area contributed by atoms with Crippen LogP contribution in [0.4, 0.5) is 9.52 Å². The molecule has 0 unspecified atom stereocenters. The second-order valence-corrected chi connectivity index (χ2v) is 10.3. The molecule has 1 N–H and O–H groups in total. The van der Waals surface area contributed by atoms with Gasteiger partial charge in [0.1, 0.15) is 11.6 Å². The highest BCUT2D eigenvalue weighted by Crippen LogP contribution is 2.25. The number of piperidine rings is 1. The average molecular weight is 489 g/mol. The molecule has 5 nitrogen and oxygen atoms in total. The molecule has 0 atom stereocenters. The highest BCUT2D eigenvalue weighted by atomic mass is 32.1. The van der Waals surface area contributed by atoms with Gasteiger partial charge >= 0.3 is 0 Å². The van der Waals surface area contributed by atoms with E-state index in [1.807, 2.05) is 0 Å². The first-order valence-corrected chi connectivity index (χ1v) is 14.0. The van der Waals surface area contributed by atoms with Crippen molar-refractivity contribution in [3.05, 3.63) is 41.5 Å². The molecule has 3 rings (SSSR count). The average Bonchev–Trinajstić information content (AvgIpc) is 3.32. The number of nitrogens with zero attached hydrogens (tertiary/aromatic N) is 3. The highest BCUT2D eigenvalue weighted by molar-refractivity contribution is 7.09. The summed E-state index contributed by atoms with van der Waals surface area (Å²) in [5, 5.41) is 4.12. The smallest absolute Gasteiger partial charge is 0.220 e. The number of nitrogens with one attached hydrogen (secondary N) is 1. The third kappa shape index (κ3) is 9.69. The Morgan fingerprint density at radius 2 is 1.68 bits per heavy atom. The monoisotopic (exact) mass is 488 g/mol. The van der Waals surface area contributed by atoms with E-state index in [4.69, 9.17) is 4.98 Å². The largest absolute Gasteiger partial charge is 0.356 e. The lowest BCUT2D eigenvalue weighted by Gasteiger charge is -2.31. The normalized spacial score (nSPS) is 14.5. The molecule has 188 valence electrons. The minimum absolute atomic E-state index is 0.208. The van der Waals surface area contributed by atoms with Crippen molar-refractivity contribution in [3.8, 4) is 0 Å².